The maximum Gasteiger partial charge on any atom is 0.118 e. The van der Waals surface area contributed by atoms with Gasteiger partial charge < -0.3 is 19.5 Å². The van der Waals surface area contributed by atoms with Crippen molar-refractivity contribution < 1.29 is 14.2 Å². The first-order valence-electron chi connectivity index (χ1n) is 5.84. The maximum atomic E-state index is 5.72. The fourth-order valence-corrected chi connectivity index (χ4v) is 1.73. The third kappa shape index (κ3) is 3.19. The quantitative estimate of drug-likeness (QED) is 0.811. The smallest absolute Gasteiger partial charge is 0.118 e. The van der Waals surface area contributed by atoms with E-state index in [4.69, 9.17) is 14.2 Å². The zero-order valence-electron chi connectivity index (χ0n) is 10.3. The Morgan fingerprint density at radius 2 is 2.06 bits per heavy atom. The molecule has 4 heteroatoms. The van der Waals surface area contributed by atoms with Crippen LogP contribution in [0.3, 0.4) is 0 Å². The molecule has 2 rings (SSSR count). The predicted octanol–water partition coefficient (Wildman–Crippen LogP) is 1.37. The van der Waals surface area contributed by atoms with Crippen molar-refractivity contribution in [1.29, 1.82) is 0 Å². The lowest BCUT2D eigenvalue weighted by Gasteiger charge is -2.28. The van der Waals surface area contributed by atoms with Crippen LogP contribution in [0.5, 0.6) is 5.75 Å². The zero-order valence-corrected chi connectivity index (χ0v) is 10.3. The highest BCUT2D eigenvalue weighted by Gasteiger charge is 2.20. The molecule has 94 valence electrons. The molecule has 4 nitrogen and oxygen atoms in total. The summed E-state index contributed by atoms with van der Waals surface area (Å²) in [5.41, 5.74) is 1.20. The van der Waals surface area contributed by atoms with Gasteiger partial charge in [0.1, 0.15) is 11.9 Å². The van der Waals surface area contributed by atoms with Crippen LogP contribution in [0.1, 0.15) is 11.6 Å². The van der Waals surface area contributed by atoms with Gasteiger partial charge in [-0.25, -0.2) is 0 Å². The second-order valence-electron chi connectivity index (χ2n) is 4.11. The molecule has 1 aromatic carbocycles. The Morgan fingerprint density at radius 3 is 2.53 bits per heavy atom. The minimum absolute atomic E-state index is 0.210. The molecular formula is C13H19NO3. The fourth-order valence-electron chi connectivity index (χ4n) is 1.73. The Hall–Kier alpha value is -1.10. The molecule has 17 heavy (non-hydrogen) atoms. The average Bonchev–Trinajstić information content (AvgIpc) is 2.33. The van der Waals surface area contributed by atoms with E-state index in [0.717, 1.165) is 19.0 Å². The van der Waals surface area contributed by atoms with Gasteiger partial charge in [-0.1, -0.05) is 12.1 Å². The first-order valence-corrected chi connectivity index (χ1v) is 5.84. The van der Waals surface area contributed by atoms with Crippen molar-refractivity contribution in [3.63, 3.8) is 0 Å². The van der Waals surface area contributed by atoms with E-state index in [1.165, 1.54) is 5.56 Å². The topological polar surface area (TPSA) is 39.7 Å². The number of ether oxygens (including phenoxy) is 3. The summed E-state index contributed by atoms with van der Waals surface area (Å²) in [6, 6.07) is 8.25. The largest absolute Gasteiger partial charge is 0.497 e. The predicted molar refractivity (Wildman–Crippen MR) is 65.4 cm³/mol. The summed E-state index contributed by atoms with van der Waals surface area (Å²) in [6.07, 6.45) is 0.268. The minimum atomic E-state index is 0.210. The lowest BCUT2D eigenvalue weighted by atomic mass is 10.1. The molecule has 1 aliphatic rings. The maximum absolute atomic E-state index is 5.72. The molecule has 1 unspecified atom stereocenters. The van der Waals surface area contributed by atoms with Gasteiger partial charge in [0, 0.05) is 0 Å². The van der Waals surface area contributed by atoms with Gasteiger partial charge in [0.15, 0.2) is 0 Å². The van der Waals surface area contributed by atoms with E-state index in [0.29, 0.717) is 6.61 Å². The van der Waals surface area contributed by atoms with E-state index in [-0.39, 0.29) is 12.1 Å². The second-order valence-corrected chi connectivity index (χ2v) is 4.11. The van der Waals surface area contributed by atoms with Crippen molar-refractivity contribution in [3.8, 4) is 5.75 Å². The van der Waals surface area contributed by atoms with Gasteiger partial charge in [-0.2, -0.15) is 0 Å². The highest BCUT2D eigenvalue weighted by atomic mass is 16.6. The van der Waals surface area contributed by atoms with Crippen LogP contribution in [0.2, 0.25) is 0 Å². The molecule has 1 atom stereocenters. The molecular weight excluding hydrogens is 218 g/mol. The molecule has 0 amide bonds. The van der Waals surface area contributed by atoms with Crippen molar-refractivity contribution in [1.82, 2.24) is 5.32 Å². The van der Waals surface area contributed by atoms with Gasteiger partial charge >= 0.3 is 0 Å². The minimum Gasteiger partial charge on any atom is -0.497 e. The number of hydrogen-bond donors (Lipinski definition) is 1. The number of likely N-dealkylation sites (N-methyl/N-ethyl adjacent to an activating group) is 1. The molecule has 1 fully saturated rings. The summed E-state index contributed by atoms with van der Waals surface area (Å²) in [5.74, 6) is 0.872. The SMILES string of the molecule is CNC(COC1COC1)c1ccc(OC)cc1. The second kappa shape index (κ2) is 6.00. The first kappa shape index (κ1) is 12.4. The zero-order chi connectivity index (χ0) is 12.1. The number of nitrogens with one attached hydrogen (secondary N) is 1. The third-order valence-electron chi connectivity index (χ3n) is 2.97. The van der Waals surface area contributed by atoms with Crippen LogP contribution in [0.15, 0.2) is 24.3 Å². The average molecular weight is 237 g/mol. The van der Waals surface area contributed by atoms with Crippen molar-refractivity contribution in [2.24, 2.45) is 0 Å². The van der Waals surface area contributed by atoms with Gasteiger partial charge in [0.2, 0.25) is 0 Å². The van der Waals surface area contributed by atoms with Gasteiger partial charge in [-0.3, -0.25) is 0 Å². The van der Waals surface area contributed by atoms with E-state index in [1.54, 1.807) is 7.11 Å². The Morgan fingerprint density at radius 1 is 1.35 bits per heavy atom. The molecule has 1 N–H and O–H groups in total. The summed E-state index contributed by atoms with van der Waals surface area (Å²) in [6.45, 7) is 2.11. The van der Waals surface area contributed by atoms with Crippen molar-refractivity contribution >= 4 is 0 Å². The fraction of sp³-hybridized carbons (Fsp3) is 0.538. The number of benzene rings is 1. The van der Waals surface area contributed by atoms with Crippen LogP contribution < -0.4 is 10.1 Å². The van der Waals surface area contributed by atoms with Crippen LogP contribution in [0.25, 0.3) is 0 Å². The van der Waals surface area contributed by atoms with E-state index in [9.17, 15) is 0 Å². The lowest BCUT2D eigenvalue weighted by molar-refractivity contribution is -0.133. The number of hydrogen-bond acceptors (Lipinski definition) is 4. The van der Waals surface area contributed by atoms with Crippen LogP contribution in [-0.2, 0) is 9.47 Å². The molecule has 0 spiro atoms. The molecule has 0 radical (unpaired) electrons. The van der Waals surface area contributed by atoms with Gasteiger partial charge in [-0.05, 0) is 24.7 Å². The van der Waals surface area contributed by atoms with Crippen LogP contribution in [0, 0.1) is 0 Å². The molecule has 0 aromatic heterocycles. The normalized spacial score (nSPS) is 17.5. The molecule has 0 aliphatic carbocycles. The Labute approximate surface area is 102 Å². The van der Waals surface area contributed by atoms with E-state index in [2.05, 4.69) is 17.4 Å². The molecule has 0 bridgehead atoms. The van der Waals surface area contributed by atoms with Crippen molar-refractivity contribution in [2.45, 2.75) is 12.1 Å². The Kier molecular flexibility index (Phi) is 4.36. The summed E-state index contributed by atoms with van der Waals surface area (Å²) in [4.78, 5) is 0. The summed E-state index contributed by atoms with van der Waals surface area (Å²) < 4.78 is 15.9. The Balaban J connectivity index is 1.90. The summed E-state index contributed by atoms with van der Waals surface area (Å²) in [7, 11) is 3.61. The van der Waals surface area contributed by atoms with Crippen LogP contribution in [0.4, 0.5) is 0 Å². The third-order valence-corrected chi connectivity index (χ3v) is 2.97. The number of rotatable bonds is 6. The molecule has 1 aliphatic heterocycles. The highest BCUT2D eigenvalue weighted by molar-refractivity contribution is 5.29. The monoisotopic (exact) mass is 237 g/mol. The molecule has 1 heterocycles. The lowest BCUT2D eigenvalue weighted by Crippen LogP contribution is -2.38. The first-order chi connectivity index (χ1) is 8.33. The Bertz CT molecular complexity index is 335. The summed E-state index contributed by atoms with van der Waals surface area (Å²) >= 11 is 0. The van der Waals surface area contributed by atoms with E-state index >= 15 is 0 Å². The van der Waals surface area contributed by atoms with Gasteiger partial charge in [0.25, 0.3) is 0 Å². The molecule has 1 aromatic rings. The van der Waals surface area contributed by atoms with Crippen molar-refractivity contribution in [3.05, 3.63) is 29.8 Å². The van der Waals surface area contributed by atoms with Gasteiger partial charge in [-0.15, -0.1) is 0 Å². The summed E-state index contributed by atoms with van der Waals surface area (Å²) in [5, 5.41) is 3.25. The number of methoxy groups -OCH3 is 1. The van der Waals surface area contributed by atoms with Crippen molar-refractivity contribution in [2.75, 3.05) is 34.0 Å². The van der Waals surface area contributed by atoms with Crippen LogP contribution >= 0.6 is 0 Å². The van der Waals surface area contributed by atoms with E-state index < -0.39 is 0 Å². The molecule has 0 saturated carbocycles. The van der Waals surface area contributed by atoms with Gasteiger partial charge in [0.05, 0.1) is 33.0 Å². The van der Waals surface area contributed by atoms with Crippen LogP contribution in [-0.4, -0.2) is 40.1 Å². The van der Waals surface area contributed by atoms with E-state index in [1.807, 2.05) is 19.2 Å². The standard InChI is InChI=1S/C13H19NO3/c1-14-13(9-17-12-7-16-8-12)10-3-5-11(15-2)6-4-10/h3-6,12-14H,7-9H2,1-2H3. The molecule has 1 saturated heterocycles. The highest BCUT2D eigenvalue weighted by Crippen LogP contribution is 2.19.